The third kappa shape index (κ3) is 2.37. The van der Waals surface area contributed by atoms with Gasteiger partial charge < -0.3 is 5.73 Å². The Bertz CT molecular complexity index is 553. The van der Waals surface area contributed by atoms with Crippen LogP contribution >= 0.6 is 0 Å². The van der Waals surface area contributed by atoms with E-state index in [2.05, 4.69) is 16.8 Å². The smallest absolute Gasteiger partial charge is 0.142 e. The zero-order valence-corrected chi connectivity index (χ0v) is 8.44. The summed E-state index contributed by atoms with van der Waals surface area (Å²) in [5.41, 5.74) is 6.83. The minimum atomic E-state index is -0.438. The molecule has 0 aliphatic heterocycles. The molecular formula is C13H9FN2. The van der Waals surface area contributed by atoms with Crippen molar-refractivity contribution in [3.8, 4) is 11.8 Å². The van der Waals surface area contributed by atoms with E-state index >= 15 is 0 Å². The minimum absolute atomic E-state index is 0.241. The van der Waals surface area contributed by atoms with Gasteiger partial charge in [0, 0.05) is 5.56 Å². The molecule has 0 bridgehead atoms. The molecule has 2 aromatic rings. The monoisotopic (exact) mass is 212 g/mol. The van der Waals surface area contributed by atoms with E-state index in [4.69, 9.17) is 5.73 Å². The van der Waals surface area contributed by atoms with Crippen molar-refractivity contribution in [2.75, 3.05) is 5.73 Å². The Hall–Kier alpha value is -2.34. The maximum absolute atomic E-state index is 12.9. The van der Waals surface area contributed by atoms with Crippen molar-refractivity contribution in [3.63, 3.8) is 0 Å². The lowest BCUT2D eigenvalue weighted by atomic mass is 10.2. The van der Waals surface area contributed by atoms with Gasteiger partial charge in [-0.3, -0.25) is 0 Å². The number of nitrogen functional groups attached to an aromatic ring is 1. The van der Waals surface area contributed by atoms with Gasteiger partial charge in [-0.15, -0.1) is 0 Å². The van der Waals surface area contributed by atoms with Gasteiger partial charge in [0.25, 0.3) is 0 Å². The van der Waals surface area contributed by atoms with Crippen molar-refractivity contribution in [2.24, 2.45) is 0 Å². The van der Waals surface area contributed by atoms with Gasteiger partial charge >= 0.3 is 0 Å². The van der Waals surface area contributed by atoms with Crippen molar-refractivity contribution >= 4 is 5.82 Å². The lowest BCUT2D eigenvalue weighted by Gasteiger charge is -1.95. The van der Waals surface area contributed by atoms with Crippen LogP contribution in [0.15, 0.2) is 42.6 Å². The molecule has 1 heterocycles. The number of benzene rings is 1. The molecule has 0 radical (unpaired) electrons. The number of halogens is 1. The highest BCUT2D eigenvalue weighted by Crippen LogP contribution is 2.08. The molecule has 1 aromatic heterocycles. The van der Waals surface area contributed by atoms with Crippen LogP contribution in [0.4, 0.5) is 10.2 Å². The molecule has 0 saturated heterocycles. The van der Waals surface area contributed by atoms with Crippen molar-refractivity contribution < 1.29 is 4.39 Å². The maximum atomic E-state index is 12.9. The first-order valence-corrected chi connectivity index (χ1v) is 4.74. The van der Waals surface area contributed by atoms with Crippen LogP contribution in [-0.4, -0.2) is 4.98 Å². The van der Waals surface area contributed by atoms with Crippen LogP contribution in [0, 0.1) is 17.7 Å². The Kier molecular flexibility index (Phi) is 2.84. The SMILES string of the molecule is Nc1ncc(F)cc1C#Cc1ccccc1. The predicted molar refractivity (Wildman–Crippen MR) is 61.0 cm³/mol. The summed E-state index contributed by atoms with van der Waals surface area (Å²) in [6, 6.07) is 10.7. The third-order valence-corrected chi connectivity index (χ3v) is 2.00. The topological polar surface area (TPSA) is 38.9 Å². The fourth-order valence-corrected chi connectivity index (χ4v) is 1.21. The number of nitrogens with zero attached hydrogens (tertiary/aromatic N) is 1. The highest BCUT2D eigenvalue weighted by atomic mass is 19.1. The molecule has 0 atom stereocenters. The number of hydrogen-bond acceptors (Lipinski definition) is 2. The van der Waals surface area contributed by atoms with Crippen molar-refractivity contribution in [1.82, 2.24) is 4.98 Å². The van der Waals surface area contributed by atoms with Gasteiger partial charge in [-0.25, -0.2) is 9.37 Å². The standard InChI is InChI=1S/C13H9FN2/c14-12-8-11(13(15)16-9-12)7-6-10-4-2-1-3-5-10/h1-5,8-9H,(H2,15,16). The number of pyridine rings is 1. The first kappa shape index (κ1) is 10.2. The molecule has 1 aromatic carbocycles. The molecule has 3 heteroatoms. The maximum Gasteiger partial charge on any atom is 0.142 e. The summed E-state index contributed by atoms with van der Waals surface area (Å²) in [5.74, 6) is 5.49. The second kappa shape index (κ2) is 4.45. The first-order chi connectivity index (χ1) is 7.75. The van der Waals surface area contributed by atoms with E-state index in [1.165, 1.54) is 6.07 Å². The lowest BCUT2D eigenvalue weighted by molar-refractivity contribution is 0.621. The number of nitrogens with two attached hydrogens (primary N) is 1. The second-order valence-electron chi connectivity index (χ2n) is 3.20. The summed E-state index contributed by atoms with van der Waals surface area (Å²) in [4.78, 5) is 3.69. The Morgan fingerprint density at radius 1 is 1.12 bits per heavy atom. The highest BCUT2D eigenvalue weighted by Gasteiger charge is 1.98. The molecule has 2 N–H and O–H groups in total. The Morgan fingerprint density at radius 2 is 1.88 bits per heavy atom. The molecule has 16 heavy (non-hydrogen) atoms. The van der Waals surface area contributed by atoms with Gasteiger partial charge in [0.15, 0.2) is 0 Å². The molecule has 0 saturated carbocycles. The van der Waals surface area contributed by atoms with Crippen LogP contribution in [0.25, 0.3) is 0 Å². The van der Waals surface area contributed by atoms with Gasteiger partial charge in [-0.1, -0.05) is 30.0 Å². The third-order valence-electron chi connectivity index (χ3n) is 2.00. The number of anilines is 1. The van der Waals surface area contributed by atoms with Crippen LogP contribution in [0.2, 0.25) is 0 Å². The summed E-state index contributed by atoms with van der Waals surface area (Å²) >= 11 is 0. The lowest BCUT2D eigenvalue weighted by Crippen LogP contribution is -1.95. The van der Waals surface area contributed by atoms with Crippen LogP contribution in [-0.2, 0) is 0 Å². The summed E-state index contributed by atoms with van der Waals surface area (Å²) < 4.78 is 12.9. The van der Waals surface area contributed by atoms with Gasteiger partial charge in [0.2, 0.25) is 0 Å². The average molecular weight is 212 g/mol. The van der Waals surface area contributed by atoms with Crippen LogP contribution in [0.3, 0.4) is 0 Å². The molecule has 0 amide bonds. The average Bonchev–Trinajstić information content (AvgIpc) is 2.32. The van der Waals surface area contributed by atoms with Crippen LogP contribution in [0.1, 0.15) is 11.1 Å². The van der Waals surface area contributed by atoms with Gasteiger partial charge in [0.05, 0.1) is 11.8 Å². The fourth-order valence-electron chi connectivity index (χ4n) is 1.21. The zero-order chi connectivity index (χ0) is 11.4. The summed E-state index contributed by atoms with van der Waals surface area (Å²) in [6.07, 6.45) is 1.07. The second-order valence-corrected chi connectivity index (χ2v) is 3.20. The van der Waals surface area contributed by atoms with Crippen molar-refractivity contribution in [1.29, 1.82) is 0 Å². The highest BCUT2D eigenvalue weighted by molar-refractivity contribution is 5.53. The van der Waals surface area contributed by atoms with Crippen LogP contribution in [0.5, 0.6) is 0 Å². The molecule has 78 valence electrons. The van der Waals surface area contributed by atoms with E-state index in [1.54, 1.807) is 0 Å². The van der Waals surface area contributed by atoms with Crippen LogP contribution < -0.4 is 5.73 Å². The van der Waals surface area contributed by atoms with Gasteiger partial charge in [-0.2, -0.15) is 0 Å². The van der Waals surface area contributed by atoms with E-state index in [1.807, 2.05) is 30.3 Å². The molecular weight excluding hydrogens is 203 g/mol. The number of rotatable bonds is 0. The number of aromatic nitrogens is 1. The predicted octanol–water partition coefficient (Wildman–Crippen LogP) is 2.20. The van der Waals surface area contributed by atoms with Gasteiger partial charge in [-0.05, 0) is 18.2 Å². The summed E-state index contributed by atoms with van der Waals surface area (Å²) in [6.45, 7) is 0. The first-order valence-electron chi connectivity index (χ1n) is 4.74. The van der Waals surface area contributed by atoms with Gasteiger partial charge in [0.1, 0.15) is 11.6 Å². The number of hydrogen-bond donors (Lipinski definition) is 1. The molecule has 0 fully saturated rings. The fraction of sp³-hybridized carbons (Fsp3) is 0. The Labute approximate surface area is 92.9 Å². The normalized spacial score (nSPS) is 9.31. The summed E-state index contributed by atoms with van der Waals surface area (Å²) in [5, 5.41) is 0. The molecule has 2 rings (SSSR count). The van der Waals surface area contributed by atoms with E-state index < -0.39 is 5.82 Å². The molecule has 0 spiro atoms. The largest absolute Gasteiger partial charge is 0.383 e. The van der Waals surface area contributed by atoms with Crippen molar-refractivity contribution in [3.05, 3.63) is 59.5 Å². The summed E-state index contributed by atoms with van der Waals surface area (Å²) in [7, 11) is 0. The quantitative estimate of drug-likeness (QED) is 0.680. The van der Waals surface area contributed by atoms with E-state index in [0.717, 1.165) is 11.8 Å². The Balaban J connectivity index is 2.34. The van der Waals surface area contributed by atoms with Crippen molar-refractivity contribution in [2.45, 2.75) is 0 Å². The van der Waals surface area contributed by atoms with E-state index in [-0.39, 0.29) is 5.82 Å². The minimum Gasteiger partial charge on any atom is -0.383 e. The molecule has 0 aliphatic rings. The Morgan fingerprint density at radius 3 is 2.62 bits per heavy atom. The zero-order valence-electron chi connectivity index (χ0n) is 8.44. The molecule has 2 nitrogen and oxygen atoms in total. The van der Waals surface area contributed by atoms with E-state index in [9.17, 15) is 4.39 Å². The molecule has 0 aliphatic carbocycles. The van der Waals surface area contributed by atoms with E-state index in [0.29, 0.717) is 5.56 Å². The molecule has 0 unspecified atom stereocenters.